The molecular weight excluding hydrogens is 429 g/mol. The number of rotatable bonds is 8. The van der Waals surface area contributed by atoms with E-state index in [1.807, 2.05) is 22.8 Å². The van der Waals surface area contributed by atoms with Crippen molar-refractivity contribution in [3.05, 3.63) is 52.8 Å². The lowest BCUT2D eigenvalue weighted by Crippen LogP contribution is -2.35. The molecule has 0 saturated heterocycles. The van der Waals surface area contributed by atoms with Crippen LogP contribution in [0.2, 0.25) is 10.0 Å². The van der Waals surface area contributed by atoms with E-state index in [0.29, 0.717) is 21.0 Å². The van der Waals surface area contributed by atoms with E-state index in [2.05, 4.69) is 34.3 Å². The second-order valence-corrected chi connectivity index (χ2v) is 8.11. The highest BCUT2D eigenvalue weighted by atomic mass is 35.5. The van der Waals surface area contributed by atoms with Crippen LogP contribution < -0.4 is 5.32 Å². The van der Waals surface area contributed by atoms with Gasteiger partial charge in [0.15, 0.2) is 11.0 Å². The van der Waals surface area contributed by atoms with Gasteiger partial charge in [0.05, 0.1) is 21.5 Å². The molecule has 0 unspecified atom stereocenters. The Bertz CT molecular complexity index is 976. The van der Waals surface area contributed by atoms with E-state index in [-0.39, 0.29) is 17.7 Å². The third-order valence-electron chi connectivity index (χ3n) is 4.40. The number of thioether (sulfide) groups is 1. The number of hydrogen-bond donors (Lipinski definition) is 1. The van der Waals surface area contributed by atoms with Gasteiger partial charge < -0.3 is 5.32 Å². The standard InChI is InChI=1S/C20H21Cl2N5OS/c1-3-14(4-2)24-18(28)12-29-20-26-25-19(13-6-5-9-23-11-13)27(20)15-7-8-16(21)17(22)10-15/h5-11,14H,3-4,12H2,1-2H3,(H,24,28). The van der Waals surface area contributed by atoms with E-state index in [4.69, 9.17) is 23.2 Å². The summed E-state index contributed by atoms with van der Waals surface area (Å²) in [4.78, 5) is 16.5. The van der Waals surface area contributed by atoms with Crippen LogP contribution in [0.5, 0.6) is 0 Å². The smallest absolute Gasteiger partial charge is 0.230 e. The van der Waals surface area contributed by atoms with Crippen molar-refractivity contribution >= 4 is 40.9 Å². The zero-order chi connectivity index (χ0) is 20.8. The first-order valence-electron chi connectivity index (χ1n) is 9.26. The van der Waals surface area contributed by atoms with Gasteiger partial charge in [-0.2, -0.15) is 0 Å². The molecule has 0 bridgehead atoms. The Labute approximate surface area is 184 Å². The average Bonchev–Trinajstić information content (AvgIpc) is 3.17. The molecule has 1 aromatic carbocycles. The number of nitrogens with zero attached hydrogens (tertiary/aromatic N) is 4. The molecular formula is C20H21Cl2N5OS. The summed E-state index contributed by atoms with van der Waals surface area (Å²) in [5.74, 6) is 0.818. The quantitative estimate of drug-likeness (QED) is 0.487. The van der Waals surface area contributed by atoms with Crippen molar-refractivity contribution in [2.75, 3.05) is 5.75 Å². The molecule has 1 amide bonds. The zero-order valence-electron chi connectivity index (χ0n) is 16.1. The molecule has 0 atom stereocenters. The number of carbonyl (C=O) groups is 1. The van der Waals surface area contributed by atoms with Crippen LogP contribution in [0.25, 0.3) is 17.1 Å². The first-order chi connectivity index (χ1) is 14.0. The number of hydrogen-bond acceptors (Lipinski definition) is 5. The summed E-state index contributed by atoms with van der Waals surface area (Å²) in [6.45, 7) is 4.12. The van der Waals surface area contributed by atoms with E-state index >= 15 is 0 Å². The topological polar surface area (TPSA) is 72.7 Å². The van der Waals surface area contributed by atoms with Crippen LogP contribution in [0.3, 0.4) is 0 Å². The largest absolute Gasteiger partial charge is 0.353 e. The molecule has 3 rings (SSSR count). The fourth-order valence-corrected chi connectivity index (χ4v) is 3.85. The predicted molar refractivity (Wildman–Crippen MR) is 118 cm³/mol. The molecule has 6 nitrogen and oxygen atoms in total. The van der Waals surface area contributed by atoms with E-state index in [1.165, 1.54) is 11.8 Å². The lowest BCUT2D eigenvalue weighted by molar-refractivity contribution is -0.119. The lowest BCUT2D eigenvalue weighted by atomic mass is 10.2. The van der Waals surface area contributed by atoms with Crippen LogP contribution in [-0.2, 0) is 4.79 Å². The number of nitrogens with one attached hydrogen (secondary N) is 1. The summed E-state index contributed by atoms with van der Waals surface area (Å²) >= 11 is 13.6. The summed E-state index contributed by atoms with van der Waals surface area (Å²) in [7, 11) is 0. The van der Waals surface area contributed by atoms with Crippen LogP contribution in [0, 0.1) is 0 Å². The van der Waals surface area contributed by atoms with E-state index in [9.17, 15) is 4.79 Å². The summed E-state index contributed by atoms with van der Waals surface area (Å²) in [6, 6.07) is 9.23. The number of halogens is 2. The second kappa shape index (κ2) is 10.1. The number of aromatic nitrogens is 4. The minimum atomic E-state index is -0.0321. The number of amides is 1. The van der Waals surface area contributed by atoms with E-state index in [1.54, 1.807) is 24.5 Å². The SMILES string of the molecule is CCC(CC)NC(=O)CSc1nnc(-c2cccnc2)n1-c1ccc(Cl)c(Cl)c1. The van der Waals surface area contributed by atoms with Gasteiger partial charge >= 0.3 is 0 Å². The molecule has 0 radical (unpaired) electrons. The monoisotopic (exact) mass is 449 g/mol. The van der Waals surface area contributed by atoms with Gasteiger partial charge in [0.25, 0.3) is 0 Å². The molecule has 0 aliphatic heterocycles. The summed E-state index contributed by atoms with van der Waals surface area (Å²) < 4.78 is 1.86. The maximum Gasteiger partial charge on any atom is 0.230 e. The van der Waals surface area contributed by atoms with E-state index in [0.717, 1.165) is 24.1 Å². The highest BCUT2D eigenvalue weighted by Crippen LogP contribution is 2.31. The maximum atomic E-state index is 12.3. The van der Waals surface area contributed by atoms with Crippen LogP contribution >= 0.6 is 35.0 Å². The van der Waals surface area contributed by atoms with Crippen molar-refractivity contribution in [2.24, 2.45) is 0 Å². The Kier molecular flexibility index (Phi) is 7.52. The molecule has 3 aromatic rings. The van der Waals surface area contributed by atoms with Crippen LogP contribution in [0.4, 0.5) is 0 Å². The van der Waals surface area contributed by atoms with Gasteiger partial charge in [0.1, 0.15) is 0 Å². The van der Waals surface area contributed by atoms with Gasteiger partial charge in [0.2, 0.25) is 5.91 Å². The number of benzene rings is 1. The van der Waals surface area contributed by atoms with Crippen molar-refractivity contribution in [1.29, 1.82) is 0 Å². The van der Waals surface area contributed by atoms with Crippen LogP contribution in [-0.4, -0.2) is 37.5 Å². The molecule has 1 N–H and O–H groups in total. The Hall–Kier alpha value is -2.09. The highest BCUT2D eigenvalue weighted by Gasteiger charge is 2.18. The minimum absolute atomic E-state index is 0.0321. The fourth-order valence-electron chi connectivity index (χ4n) is 2.79. The van der Waals surface area contributed by atoms with Crippen molar-refractivity contribution in [3.63, 3.8) is 0 Å². The first-order valence-corrected chi connectivity index (χ1v) is 11.0. The molecule has 152 valence electrons. The highest BCUT2D eigenvalue weighted by molar-refractivity contribution is 7.99. The zero-order valence-corrected chi connectivity index (χ0v) is 18.4. The average molecular weight is 450 g/mol. The Morgan fingerprint density at radius 1 is 1.17 bits per heavy atom. The van der Waals surface area contributed by atoms with Gasteiger partial charge in [-0.05, 0) is 43.2 Å². The van der Waals surface area contributed by atoms with Crippen molar-refractivity contribution < 1.29 is 4.79 Å². The molecule has 0 saturated carbocycles. The molecule has 9 heteroatoms. The van der Waals surface area contributed by atoms with Gasteiger partial charge in [0, 0.05) is 24.0 Å². The summed E-state index contributed by atoms with van der Waals surface area (Å²) in [5.41, 5.74) is 1.56. The first kappa shape index (κ1) is 21.6. The molecule has 0 aliphatic rings. The summed E-state index contributed by atoms with van der Waals surface area (Å²) in [5, 5.41) is 13.1. The normalized spacial score (nSPS) is 11.1. The predicted octanol–water partition coefficient (Wildman–Crippen LogP) is 5.03. The number of pyridine rings is 1. The van der Waals surface area contributed by atoms with E-state index < -0.39 is 0 Å². The van der Waals surface area contributed by atoms with Gasteiger partial charge in [-0.1, -0.05) is 48.8 Å². The van der Waals surface area contributed by atoms with Crippen LogP contribution in [0.15, 0.2) is 47.9 Å². The van der Waals surface area contributed by atoms with Gasteiger partial charge in [-0.25, -0.2) is 0 Å². The molecule has 0 spiro atoms. The Balaban J connectivity index is 1.92. The second-order valence-electron chi connectivity index (χ2n) is 6.35. The third kappa shape index (κ3) is 5.29. The fraction of sp³-hybridized carbons (Fsp3) is 0.300. The molecule has 0 aliphatic carbocycles. The molecule has 29 heavy (non-hydrogen) atoms. The summed E-state index contributed by atoms with van der Waals surface area (Å²) in [6.07, 6.45) is 5.21. The van der Waals surface area contributed by atoms with Crippen LogP contribution in [0.1, 0.15) is 26.7 Å². The van der Waals surface area contributed by atoms with Gasteiger partial charge in [-0.15, -0.1) is 10.2 Å². The molecule has 0 fully saturated rings. The Morgan fingerprint density at radius 2 is 1.97 bits per heavy atom. The molecule has 2 aromatic heterocycles. The third-order valence-corrected chi connectivity index (χ3v) is 6.07. The van der Waals surface area contributed by atoms with Crippen molar-refractivity contribution in [2.45, 2.75) is 37.9 Å². The maximum absolute atomic E-state index is 12.3. The lowest BCUT2D eigenvalue weighted by Gasteiger charge is -2.15. The van der Waals surface area contributed by atoms with Crippen molar-refractivity contribution in [1.82, 2.24) is 25.1 Å². The number of carbonyl (C=O) groups excluding carboxylic acids is 1. The molecule has 2 heterocycles. The van der Waals surface area contributed by atoms with Gasteiger partial charge in [-0.3, -0.25) is 14.3 Å². The Morgan fingerprint density at radius 3 is 2.62 bits per heavy atom. The minimum Gasteiger partial charge on any atom is -0.353 e. The van der Waals surface area contributed by atoms with Crippen molar-refractivity contribution in [3.8, 4) is 17.1 Å².